The van der Waals surface area contributed by atoms with Gasteiger partial charge in [-0.05, 0) is 115 Å². The van der Waals surface area contributed by atoms with E-state index in [1.807, 2.05) is 0 Å². The molecular weight excluding hydrogens is 504 g/mol. The van der Waals surface area contributed by atoms with Crippen LogP contribution in [0, 0.1) is 24.7 Å². The van der Waals surface area contributed by atoms with Gasteiger partial charge >= 0.3 is 0 Å². The molecule has 0 aromatic heterocycles. The second kappa shape index (κ2) is 9.43. The molecular formula is C42H40. The molecule has 0 heteroatoms. The number of fused-ring (bicyclic) bond motifs is 4. The molecule has 0 radical (unpaired) electrons. The fraction of sp³-hybridized carbons (Fsp3) is 0.238. The molecule has 0 spiro atoms. The summed E-state index contributed by atoms with van der Waals surface area (Å²) in [6.45, 7) is 16.6. The van der Waals surface area contributed by atoms with Crippen LogP contribution in [-0.4, -0.2) is 0 Å². The van der Waals surface area contributed by atoms with E-state index in [1.165, 1.54) is 82.4 Å². The van der Waals surface area contributed by atoms with Gasteiger partial charge in [0, 0.05) is 0 Å². The van der Waals surface area contributed by atoms with Gasteiger partial charge in [-0.1, -0.05) is 136 Å². The van der Waals surface area contributed by atoms with Crippen molar-refractivity contribution in [1.29, 1.82) is 0 Å². The fourth-order valence-electron chi connectivity index (χ4n) is 7.38. The van der Waals surface area contributed by atoms with Gasteiger partial charge in [0.1, 0.15) is 0 Å². The Balaban J connectivity index is 1.73. The van der Waals surface area contributed by atoms with E-state index in [9.17, 15) is 0 Å². The van der Waals surface area contributed by atoms with Crippen LogP contribution in [0.15, 0.2) is 103 Å². The summed E-state index contributed by atoms with van der Waals surface area (Å²) in [6, 6.07) is 36.3. The van der Waals surface area contributed by atoms with Gasteiger partial charge in [-0.15, -0.1) is 0 Å². The Bertz CT molecular complexity index is 2070. The molecule has 0 saturated heterocycles. The van der Waals surface area contributed by atoms with Crippen molar-refractivity contribution in [2.45, 2.75) is 54.9 Å². The largest absolute Gasteiger partial charge is 0.0659 e. The first-order valence-corrected chi connectivity index (χ1v) is 15.3. The average Bonchev–Trinajstić information content (AvgIpc) is 2.97. The lowest BCUT2D eigenvalue weighted by molar-refractivity contribution is 0.152. The monoisotopic (exact) mass is 544 g/mol. The highest BCUT2D eigenvalue weighted by molar-refractivity contribution is 6.16. The van der Waals surface area contributed by atoms with Crippen LogP contribution >= 0.6 is 0 Å². The molecule has 7 rings (SSSR count). The van der Waals surface area contributed by atoms with Crippen LogP contribution < -0.4 is 0 Å². The summed E-state index contributed by atoms with van der Waals surface area (Å²) >= 11 is 0. The first-order valence-electron chi connectivity index (χ1n) is 15.3. The Kier molecular flexibility index (Phi) is 6.00. The molecule has 0 heterocycles. The maximum absolute atomic E-state index is 2.55. The number of benzene rings is 6. The van der Waals surface area contributed by atoms with E-state index < -0.39 is 0 Å². The molecule has 42 heavy (non-hydrogen) atoms. The van der Waals surface area contributed by atoms with Crippen molar-refractivity contribution in [1.82, 2.24) is 0 Å². The topological polar surface area (TPSA) is 0 Å². The minimum Gasteiger partial charge on any atom is -0.0659 e. The maximum atomic E-state index is 2.55. The first kappa shape index (κ1) is 26.7. The molecule has 1 unspecified atom stereocenters. The van der Waals surface area contributed by atoms with Gasteiger partial charge in [0.05, 0.1) is 0 Å². The van der Waals surface area contributed by atoms with Crippen molar-refractivity contribution >= 4 is 38.4 Å². The Labute approximate surface area is 250 Å². The quantitative estimate of drug-likeness (QED) is 0.203. The molecule has 1 atom stereocenters. The standard InChI is InChI=1S/C42H40/c1-26-22-35-36(23-27(26)2)40(34-21-13-17-30-15-9-11-19-32(30)34)38-25-42(7,41(4,5)6)28(3)24-37(38)39(35)33-20-12-16-29-14-8-10-18-31(29)33/h8-24H,25H2,1-7H3. The van der Waals surface area contributed by atoms with Gasteiger partial charge < -0.3 is 0 Å². The van der Waals surface area contributed by atoms with Gasteiger partial charge in [0.25, 0.3) is 0 Å². The van der Waals surface area contributed by atoms with E-state index in [4.69, 9.17) is 0 Å². The molecule has 0 fully saturated rings. The molecule has 0 saturated carbocycles. The molecule has 0 bridgehead atoms. The van der Waals surface area contributed by atoms with E-state index in [0.717, 1.165) is 6.42 Å². The van der Waals surface area contributed by atoms with Crippen LogP contribution in [0.25, 0.3) is 60.6 Å². The number of hydrogen-bond donors (Lipinski definition) is 0. The van der Waals surface area contributed by atoms with Crippen LogP contribution in [0.4, 0.5) is 0 Å². The minimum absolute atomic E-state index is 0.0305. The van der Waals surface area contributed by atoms with Gasteiger partial charge in [-0.2, -0.15) is 0 Å². The Morgan fingerprint density at radius 2 is 1.05 bits per heavy atom. The maximum Gasteiger partial charge on any atom is -0.00233 e. The molecule has 0 nitrogen and oxygen atoms in total. The van der Waals surface area contributed by atoms with Crippen LogP contribution in [-0.2, 0) is 6.42 Å². The Morgan fingerprint density at radius 1 is 0.571 bits per heavy atom. The Morgan fingerprint density at radius 3 is 1.60 bits per heavy atom. The zero-order chi connectivity index (χ0) is 29.4. The van der Waals surface area contributed by atoms with Crippen LogP contribution in [0.3, 0.4) is 0 Å². The highest BCUT2D eigenvalue weighted by Crippen LogP contribution is 2.56. The fourth-order valence-corrected chi connectivity index (χ4v) is 7.38. The molecule has 0 aliphatic heterocycles. The normalized spacial score (nSPS) is 17.1. The van der Waals surface area contributed by atoms with Crippen molar-refractivity contribution in [3.63, 3.8) is 0 Å². The molecule has 208 valence electrons. The summed E-state index contributed by atoms with van der Waals surface area (Å²) in [5, 5.41) is 7.92. The molecule has 1 aliphatic rings. The molecule has 0 amide bonds. The lowest BCUT2D eigenvalue weighted by Crippen LogP contribution is -2.38. The summed E-state index contributed by atoms with van der Waals surface area (Å²) < 4.78 is 0. The van der Waals surface area contributed by atoms with Gasteiger partial charge in [0.2, 0.25) is 0 Å². The lowest BCUT2D eigenvalue weighted by atomic mass is 9.57. The molecule has 6 aromatic carbocycles. The van der Waals surface area contributed by atoms with Crippen molar-refractivity contribution in [2.75, 3.05) is 0 Å². The minimum atomic E-state index is 0.0305. The second-order valence-corrected chi connectivity index (χ2v) is 13.8. The zero-order valence-corrected chi connectivity index (χ0v) is 26.0. The van der Waals surface area contributed by atoms with Crippen LogP contribution in [0.2, 0.25) is 0 Å². The van der Waals surface area contributed by atoms with Gasteiger partial charge in [0.15, 0.2) is 0 Å². The number of aryl methyl sites for hydroxylation is 2. The molecule has 0 N–H and O–H groups in total. The van der Waals surface area contributed by atoms with E-state index in [-0.39, 0.29) is 10.8 Å². The first-order chi connectivity index (χ1) is 20.1. The smallest absolute Gasteiger partial charge is 0.00233 e. The second-order valence-electron chi connectivity index (χ2n) is 13.8. The predicted molar refractivity (Wildman–Crippen MR) is 184 cm³/mol. The highest BCUT2D eigenvalue weighted by Gasteiger charge is 2.43. The number of allylic oxidation sites excluding steroid dienone is 1. The summed E-state index contributed by atoms with van der Waals surface area (Å²) in [7, 11) is 0. The third kappa shape index (κ3) is 3.88. The molecule has 1 aliphatic carbocycles. The van der Waals surface area contributed by atoms with E-state index >= 15 is 0 Å². The molecule has 6 aromatic rings. The zero-order valence-electron chi connectivity index (χ0n) is 26.0. The van der Waals surface area contributed by atoms with Crippen molar-refractivity contribution in [3.05, 3.63) is 125 Å². The van der Waals surface area contributed by atoms with Crippen LogP contribution in [0.1, 0.15) is 56.9 Å². The van der Waals surface area contributed by atoms with Gasteiger partial charge in [-0.3, -0.25) is 0 Å². The Hall–Kier alpha value is -4.16. The summed E-state index contributed by atoms with van der Waals surface area (Å²) in [4.78, 5) is 0. The summed E-state index contributed by atoms with van der Waals surface area (Å²) in [6.07, 6.45) is 3.55. The van der Waals surface area contributed by atoms with E-state index in [1.54, 1.807) is 0 Å². The summed E-state index contributed by atoms with van der Waals surface area (Å²) in [5.41, 5.74) is 12.6. The van der Waals surface area contributed by atoms with Crippen molar-refractivity contribution < 1.29 is 0 Å². The van der Waals surface area contributed by atoms with E-state index in [0.29, 0.717) is 0 Å². The predicted octanol–water partition coefficient (Wildman–Crippen LogP) is 12.1. The van der Waals surface area contributed by atoms with Crippen LogP contribution in [0.5, 0.6) is 0 Å². The third-order valence-electron chi connectivity index (χ3n) is 10.6. The van der Waals surface area contributed by atoms with Gasteiger partial charge in [-0.25, -0.2) is 0 Å². The lowest BCUT2D eigenvalue weighted by Gasteiger charge is -2.47. The van der Waals surface area contributed by atoms with Crippen molar-refractivity contribution in [2.24, 2.45) is 10.8 Å². The SMILES string of the molecule is CC1=Cc2c(c(-c3cccc4ccccc34)c3cc(C)c(C)cc3c2-c2cccc3ccccc23)CC1(C)C(C)(C)C. The summed E-state index contributed by atoms with van der Waals surface area (Å²) in [5.74, 6) is 0. The number of hydrogen-bond acceptors (Lipinski definition) is 0. The average molecular weight is 545 g/mol. The third-order valence-corrected chi connectivity index (χ3v) is 10.6. The van der Waals surface area contributed by atoms with Crippen molar-refractivity contribution in [3.8, 4) is 22.3 Å². The highest BCUT2D eigenvalue weighted by atomic mass is 14.5. The number of rotatable bonds is 2. The van der Waals surface area contributed by atoms with E-state index in [2.05, 4.69) is 152 Å².